The number of carbonyl (C=O) groups is 1. The molecule has 8 heteroatoms. The Morgan fingerprint density at radius 2 is 1.51 bits per heavy atom. The first-order valence-electron chi connectivity index (χ1n) is 11.1. The van der Waals surface area contributed by atoms with Gasteiger partial charge >= 0.3 is 0 Å². The monoisotopic (exact) mass is 480 g/mol. The average Bonchev–Trinajstić information content (AvgIpc) is 2.83. The zero-order valence-corrected chi connectivity index (χ0v) is 19.6. The van der Waals surface area contributed by atoms with Crippen LogP contribution in [0.25, 0.3) is 6.08 Å². The SMILES string of the molecule is CC(OCCOC(C)Oc1ccc(N)cc1N)Oc1ccc(/C=C/C(=O)c2ccc(F)cc2)cc1. The molecule has 0 bridgehead atoms. The first kappa shape index (κ1) is 25.7. The zero-order chi connectivity index (χ0) is 25.2. The van der Waals surface area contributed by atoms with Crippen LogP contribution in [0, 0.1) is 5.82 Å². The minimum Gasteiger partial charge on any atom is -0.465 e. The number of rotatable bonds is 12. The highest BCUT2D eigenvalue weighted by atomic mass is 19.1. The molecular weight excluding hydrogens is 451 g/mol. The number of nitrogens with two attached hydrogens (primary N) is 2. The molecule has 2 atom stereocenters. The summed E-state index contributed by atoms with van der Waals surface area (Å²) in [4.78, 5) is 12.1. The summed E-state index contributed by atoms with van der Waals surface area (Å²) >= 11 is 0. The Hall–Kier alpha value is -3.88. The lowest BCUT2D eigenvalue weighted by atomic mass is 10.1. The summed E-state index contributed by atoms with van der Waals surface area (Å²) in [5.41, 5.74) is 13.8. The summed E-state index contributed by atoms with van der Waals surface area (Å²) in [5, 5.41) is 0. The lowest BCUT2D eigenvalue weighted by molar-refractivity contribution is -0.119. The van der Waals surface area contributed by atoms with Gasteiger partial charge in [-0.1, -0.05) is 18.2 Å². The minimum absolute atomic E-state index is 0.203. The third kappa shape index (κ3) is 8.44. The van der Waals surface area contributed by atoms with Crippen LogP contribution < -0.4 is 20.9 Å². The molecule has 3 aromatic carbocycles. The van der Waals surface area contributed by atoms with E-state index in [1.165, 1.54) is 30.3 Å². The van der Waals surface area contributed by atoms with Gasteiger partial charge in [-0.2, -0.15) is 0 Å². The Kier molecular flexibility index (Phi) is 9.23. The van der Waals surface area contributed by atoms with Crippen LogP contribution in [0.4, 0.5) is 15.8 Å². The number of carbonyl (C=O) groups excluding carboxylic acids is 1. The van der Waals surface area contributed by atoms with Crippen molar-refractivity contribution in [2.75, 3.05) is 24.7 Å². The van der Waals surface area contributed by atoms with E-state index in [9.17, 15) is 9.18 Å². The number of hydrogen-bond donors (Lipinski definition) is 2. The maximum atomic E-state index is 13.0. The van der Waals surface area contributed by atoms with Crippen LogP contribution in [0.15, 0.2) is 72.8 Å². The molecule has 3 aromatic rings. The van der Waals surface area contributed by atoms with E-state index in [1.54, 1.807) is 50.3 Å². The van der Waals surface area contributed by atoms with Gasteiger partial charge in [0.05, 0.1) is 18.9 Å². The maximum Gasteiger partial charge on any atom is 0.197 e. The maximum absolute atomic E-state index is 13.0. The van der Waals surface area contributed by atoms with Gasteiger partial charge in [0.15, 0.2) is 18.4 Å². The van der Waals surface area contributed by atoms with Gasteiger partial charge in [-0.25, -0.2) is 4.39 Å². The summed E-state index contributed by atoms with van der Waals surface area (Å²) in [6.07, 6.45) is 2.12. The van der Waals surface area contributed by atoms with Crippen molar-refractivity contribution in [2.24, 2.45) is 0 Å². The van der Waals surface area contributed by atoms with Gasteiger partial charge in [0.2, 0.25) is 0 Å². The third-order valence-corrected chi connectivity index (χ3v) is 4.85. The first-order valence-corrected chi connectivity index (χ1v) is 11.1. The molecule has 0 saturated carbocycles. The van der Waals surface area contributed by atoms with Crippen molar-refractivity contribution < 1.29 is 28.1 Å². The fourth-order valence-corrected chi connectivity index (χ4v) is 3.08. The van der Waals surface area contributed by atoms with Crippen LogP contribution in [-0.2, 0) is 9.47 Å². The van der Waals surface area contributed by atoms with Gasteiger partial charge in [-0.3, -0.25) is 4.79 Å². The summed E-state index contributed by atoms with van der Waals surface area (Å²) in [7, 11) is 0. The van der Waals surface area contributed by atoms with E-state index in [-0.39, 0.29) is 11.6 Å². The highest BCUT2D eigenvalue weighted by Gasteiger charge is 2.09. The molecule has 0 aliphatic carbocycles. The molecule has 7 nitrogen and oxygen atoms in total. The van der Waals surface area contributed by atoms with Crippen molar-refractivity contribution >= 4 is 23.2 Å². The topological polar surface area (TPSA) is 106 Å². The van der Waals surface area contributed by atoms with E-state index in [4.69, 9.17) is 30.4 Å². The van der Waals surface area contributed by atoms with E-state index >= 15 is 0 Å². The predicted molar refractivity (Wildman–Crippen MR) is 134 cm³/mol. The van der Waals surface area contributed by atoms with Crippen LogP contribution in [0.2, 0.25) is 0 Å². The van der Waals surface area contributed by atoms with Crippen LogP contribution in [0.1, 0.15) is 29.8 Å². The molecule has 35 heavy (non-hydrogen) atoms. The van der Waals surface area contributed by atoms with E-state index < -0.39 is 12.6 Å². The third-order valence-electron chi connectivity index (χ3n) is 4.85. The van der Waals surface area contributed by atoms with E-state index in [1.807, 2.05) is 12.1 Å². The van der Waals surface area contributed by atoms with Gasteiger partial charge in [0, 0.05) is 11.3 Å². The molecule has 184 valence electrons. The quantitative estimate of drug-likeness (QED) is 0.123. The van der Waals surface area contributed by atoms with Gasteiger partial charge in [-0.15, -0.1) is 0 Å². The number of benzene rings is 3. The second kappa shape index (κ2) is 12.5. The largest absolute Gasteiger partial charge is 0.465 e. The number of nitrogen functional groups attached to an aromatic ring is 2. The number of ether oxygens (including phenoxy) is 4. The summed E-state index contributed by atoms with van der Waals surface area (Å²) in [5.74, 6) is 0.542. The fraction of sp³-hybridized carbons (Fsp3) is 0.222. The highest BCUT2D eigenvalue weighted by Crippen LogP contribution is 2.24. The molecule has 0 aliphatic heterocycles. The second-order valence-electron chi connectivity index (χ2n) is 7.68. The predicted octanol–water partition coefficient (Wildman–Crippen LogP) is 5.07. The number of allylic oxidation sites excluding steroid dienone is 1. The van der Waals surface area contributed by atoms with Gasteiger partial charge in [0.1, 0.15) is 17.3 Å². The van der Waals surface area contributed by atoms with Crippen molar-refractivity contribution in [2.45, 2.75) is 26.4 Å². The lowest BCUT2D eigenvalue weighted by Crippen LogP contribution is -2.23. The Bertz CT molecular complexity index is 1130. The van der Waals surface area contributed by atoms with Crippen molar-refractivity contribution in [3.05, 3.63) is 89.8 Å². The molecule has 0 aromatic heterocycles. The Balaban J connectivity index is 1.37. The minimum atomic E-state index is -0.517. The number of hydrogen-bond acceptors (Lipinski definition) is 7. The Labute approximate surface area is 204 Å². The van der Waals surface area contributed by atoms with Crippen molar-refractivity contribution in [3.8, 4) is 11.5 Å². The van der Waals surface area contributed by atoms with Crippen LogP contribution >= 0.6 is 0 Å². The van der Waals surface area contributed by atoms with Crippen molar-refractivity contribution in [1.29, 1.82) is 0 Å². The van der Waals surface area contributed by atoms with Gasteiger partial charge in [-0.05, 0) is 80.1 Å². The molecule has 0 aliphatic rings. The standard InChI is InChI=1S/C27H29FN2O5/c1-18(32-15-16-33-19(2)35-27-14-10-23(29)17-25(27)30)34-24-11-3-20(4-12-24)5-13-26(31)21-6-8-22(28)9-7-21/h3-14,17-19H,15-16,29-30H2,1-2H3/b13-5+. The lowest BCUT2D eigenvalue weighted by Gasteiger charge is -2.18. The summed E-state index contributed by atoms with van der Waals surface area (Å²) in [6, 6.07) is 17.7. The molecule has 0 spiro atoms. The Morgan fingerprint density at radius 3 is 2.14 bits per heavy atom. The van der Waals surface area contributed by atoms with Crippen LogP contribution in [-0.4, -0.2) is 31.6 Å². The number of halogens is 1. The molecular formula is C27H29FN2O5. The molecule has 0 radical (unpaired) electrons. The van der Waals surface area contributed by atoms with E-state index in [0.29, 0.717) is 41.7 Å². The van der Waals surface area contributed by atoms with Gasteiger partial charge in [0.25, 0.3) is 0 Å². The van der Waals surface area contributed by atoms with Crippen molar-refractivity contribution in [1.82, 2.24) is 0 Å². The first-order chi connectivity index (χ1) is 16.8. The van der Waals surface area contributed by atoms with Crippen LogP contribution in [0.5, 0.6) is 11.5 Å². The molecule has 0 amide bonds. The molecule has 0 saturated heterocycles. The molecule has 4 N–H and O–H groups in total. The molecule has 2 unspecified atom stereocenters. The van der Waals surface area contributed by atoms with Crippen molar-refractivity contribution in [3.63, 3.8) is 0 Å². The van der Waals surface area contributed by atoms with E-state index in [0.717, 1.165) is 5.56 Å². The molecule has 0 heterocycles. The normalized spacial score (nSPS) is 12.9. The van der Waals surface area contributed by atoms with Crippen LogP contribution in [0.3, 0.4) is 0 Å². The van der Waals surface area contributed by atoms with Gasteiger partial charge < -0.3 is 30.4 Å². The smallest absolute Gasteiger partial charge is 0.197 e. The average molecular weight is 481 g/mol. The molecule has 3 rings (SSSR count). The Morgan fingerprint density at radius 1 is 0.886 bits per heavy atom. The highest BCUT2D eigenvalue weighted by molar-refractivity contribution is 6.06. The molecule has 0 fully saturated rings. The second-order valence-corrected chi connectivity index (χ2v) is 7.68. The number of ketones is 1. The summed E-state index contributed by atoms with van der Waals surface area (Å²) in [6.45, 7) is 4.15. The zero-order valence-electron chi connectivity index (χ0n) is 19.6. The fourth-order valence-electron chi connectivity index (χ4n) is 3.08. The summed E-state index contributed by atoms with van der Waals surface area (Å²) < 4.78 is 35.6. The van der Waals surface area contributed by atoms with E-state index in [2.05, 4.69) is 0 Å². The number of anilines is 2.